The number of guanidine groups is 1. The molecule has 0 aliphatic carbocycles. The van der Waals surface area contributed by atoms with Gasteiger partial charge in [0.2, 0.25) is 5.91 Å². The Morgan fingerprint density at radius 2 is 1.81 bits per heavy atom. The van der Waals surface area contributed by atoms with Crippen LogP contribution >= 0.6 is 11.6 Å². The van der Waals surface area contributed by atoms with Crippen molar-refractivity contribution >= 4 is 29.2 Å². The van der Waals surface area contributed by atoms with Crippen molar-refractivity contribution in [2.24, 2.45) is 4.99 Å². The van der Waals surface area contributed by atoms with Crippen LogP contribution in [0.2, 0.25) is 5.02 Å². The molecule has 0 radical (unpaired) electrons. The fourth-order valence-electron chi connectivity index (χ4n) is 2.73. The summed E-state index contributed by atoms with van der Waals surface area (Å²) in [7, 11) is 3.36. The van der Waals surface area contributed by atoms with Gasteiger partial charge in [0.25, 0.3) is 0 Å². The average molecular weight is 396 g/mol. The van der Waals surface area contributed by atoms with Gasteiger partial charge >= 0.3 is 0 Å². The lowest BCUT2D eigenvalue weighted by Gasteiger charge is -2.36. The van der Waals surface area contributed by atoms with E-state index >= 15 is 0 Å². The first-order valence-electron chi connectivity index (χ1n) is 9.12. The number of nitrogens with one attached hydrogen (secondary N) is 2. The predicted molar refractivity (Wildman–Crippen MR) is 111 cm³/mol. The molecule has 1 heterocycles. The monoisotopic (exact) mass is 395 g/mol. The minimum atomic E-state index is -0.306. The first kappa shape index (κ1) is 21.3. The van der Waals surface area contributed by atoms with Crippen molar-refractivity contribution in [1.29, 1.82) is 0 Å². The van der Waals surface area contributed by atoms with Crippen molar-refractivity contribution in [3.8, 4) is 0 Å². The molecule has 0 aromatic heterocycles. The number of carbonyl (C=O) groups is 1. The molecule has 0 atom stereocenters. The SMILES string of the molecule is CN=C(NCC(=O)N1CCN(c2ccc(Cl)cc2)CC1)NCC(C)(C)OC. The normalized spacial score (nSPS) is 15.7. The molecule has 1 amide bonds. The fourth-order valence-corrected chi connectivity index (χ4v) is 2.85. The van der Waals surface area contributed by atoms with Gasteiger partial charge in [0.15, 0.2) is 5.96 Å². The second-order valence-electron chi connectivity index (χ2n) is 7.09. The van der Waals surface area contributed by atoms with E-state index in [9.17, 15) is 4.79 Å². The number of ether oxygens (including phenoxy) is 1. The van der Waals surface area contributed by atoms with Gasteiger partial charge < -0.3 is 25.2 Å². The zero-order chi connectivity index (χ0) is 19.9. The predicted octanol–water partition coefficient (Wildman–Crippen LogP) is 1.58. The number of nitrogens with zero attached hydrogens (tertiary/aromatic N) is 3. The molecule has 2 N–H and O–H groups in total. The third kappa shape index (κ3) is 6.59. The number of benzene rings is 1. The van der Waals surface area contributed by atoms with Gasteiger partial charge in [-0.1, -0.05) is 11.6 Å². The van der Waals surface area contributed by atoms with Crippen LogP contribution < -0.4 is 15.5 Å². The second-order valence-corrected chi connectivity index (χ2v) is 7.52. The lowest BCUT2D eigenvalue weighted by atomic mass is 10.1. The van der Waals surface area contributed by atoms with E-state index in [4.69, 9.17) is 16.3 Å². The zero-order valence-corrected chi connectivity index (χ0v) is 17.3. The standard InChI is InChI=1S/C19H30ClN5O2/c1-19(2,27-4)14-23-18(21-3)22-13-17(26)25-11-9-24(10-12-25)16-7-5-15(20)6-8-16/h5-8H,9-14H2,1-4H3,(H2,21,22,23). The summed E-state index contributed by atoms with van der Waals surface area (Å²) in [6, 6.07) is 7.81. The molecule has 1 aromatic rings. The third-order valence-corrected chi connectivity index (χ3v) is 4.94. The summed E-state index contributed by atoms with van der Waals surface area (Å²) in [4.78, 5) is 20.8. The van der Waals surface area contributed by atoms with Crippen molar-refractivity contribution in [1.82, 2.24) is 15.5 Å². The number of piperazine rings is 1. The Bertz CT molecular complexity index is 640. The van der Waals surface area contributed by atoms with Crippen molar-refractivity contribution in [2.45, 2.75) is 19.4 Å². The Labute approximate surface area is 166 Å². The number of hydrogen-bond acceptors (Lipinski definition) is 4. The van der Waals surface area contributed by atoms with E-state index in [1.54, 1.807) is 14.2 Å². The maximum absolute atomic E-state index is 12.5. The Morgan fingerprint density at radius 1 is 1.19 bits per heavy atom. The fraction of sp³-hybridized carbons (Fsp3) is 0.579. The lowest BCUT2D eigenvalue weighted by Crippen LogP contribution is -2.53. The number of methoxy groups -OCH3 is 1. The number of anilines is 1. The summed E-state index contributed by atoms with van der Waals surface area (Å²) in [5, 5.41) is 6.98. The van der Waals surface area contributed by atoms with Crippen LogP contribution in [0.4, 0.5) is 5.69 Å². The highest BCUT2D eigenvalue weighted by atomic mass is 35.5. The number of rotatable bonds is 6. The van der Waals surface area contributed by atoms with Crippen molar-refractivity contribution in [3.05, 3.63) is 29.3 Å². The highest BCUT2D eigenvalue weighted by molar-refractivity contribution is 6.30. The highest BCUT2D eigenvalue weighted by Crippen LogP contribution is 2.19. The first-order chi connectivity index (χ1) is 12.8. The van der Waals surface area contributed by atoms with Crippen LogP contribution in [-0.4, -0.2) is 75.8 Å². The van der Waals surface area contributed by atoms with Gasteiger partial charge in [-0.3, -0.25) is 9.79 Å². The van der Waals surface area contributed by atoms with E-state index in [2.05, 4.69) is 20.5 Å². The van der Waals surface area contributed by atoms with Gasteiger partial charge in [-0.2, -0.15) is 0 Å². The van der Waals surface area contributed by atoms with Crippen LogP contribution in [0.5, 0.6) is 0 Å². The molecule has 27 heavy (non-hydrogen) atoms. The number of halogens is 1. The molecule has 1 aliphatic heterocycles. The van der Waals surface area contributed by atoms with Gasteiger partial charge in [0.1, 0.15) is 0 Å². The largest absolute Gasteiger partial charge is 0.377 e. The number of hydrogen-bond donors (Lipinski definition) is 2. The average Bonchev–Trinajstić information content (AvgIpc) is 2.68. The van der Waals surface area contributed by atoms with Gasteiger partial charge in [0.05, 0.1) is 12.1 Å². The summed E-state index contributed by atoms with van der Waals surface area (Å²) < 4.78 is 5.37. The molecular weight excluding hydrogens is 366 g/mol. The number of amides is 1. The summed E-state index contributed by atoms with van der Waals surface area (Å²) in [5.74, 6) is 0.660. The Kier molecular flexibility index (Phi) is 7.74. The summed E-state index contributed by atoms with van der Waals surface area (Å²) in [5.41, 5.74) is 0.828. The van der Waals surface area contributed by atoms with E-state index in [1.165, 1.54) is 0 Å². The molecule has 8 heteroatoms. The van der Waals surface area contributed by atoms with Crippen LogP contribution in [0.3, 0.4) is 0 Å². The van der Waals surface area contributed by atoms with E-state index in [-0.39, 0.29) is 18.1 Å². The van der Waals surface area contributed by atoms with Gasteiger partial charge in [-0.25, -0.2) is 0 Å². The van der Waals surface area contributed by atoms with Crippen molar-refractivity contribution in [3.63, 3.8) is 0 Å². The first-order valence-corrected chi connectivity index (χ1v) is 9.50. The van der Waals surface area contributed by atoms with E-state index < -0.39 is 0 Å². The third-order valence-electron chi connectivity index (χ3n) is 4.69. The van der Waals surface area contributed by atoms with Crippen LogP contribution in [0.25, 0.3) is 0 Å². The Hall–Kier alpha value is -1.99. The Balaban J connectivity index is 1.76. The van der Waals surface area contributed by atoms with Crippen LogP contribution in [0.15, 0.2) is 29.3 Å². The van der Waals surface area contributed by atoms with Crippen LogP contribution in [-0.2, 0) is 9.53 Å². The molecule has 0 bridgehead atoms. The van der Waals surface area contributed by atoms with Crippen molar-refractivity contribution in [2.75, 3.05) is 58.3 Å². The smallest absolute Gasteiger partial charge is 0.242 e. The van der Waals surface area contributed by atoms with Gasteiger partial charge in [0, 0.05) is 57.6 Å². The molecule has 0 saturated carbocycles. The zero-order valence-electron chi connectivity index (χ0n) is 16.6. The van der Waals surface area contributed by atoms with Crippen LogP contribution in [0, 0.1) is 0 Å². The molecular formula is C19H30ClN5O2. The molecule has 0 unspecified atom stereocenters. The van der Waals surface area contributed by atoms with Crippen molar-refractivity contribution < 1.29 is 9.53 Å². The molecule has 1 fully saturated rings. The van der Waals surface area contributed by atoms with E-state index in [0.717, 1.165) is 23.8 Å². The molecule has 2 rings (SSSR count). The van der Waals surface area contributed by atoms with E-state index in [0.29, 0.717) is 25.6 Å². The summed E-state index contributed by atoms with van der Waals surface area (Å²) >= 11 is 5.94. The molecule has 150 valence electrons. The molecule has 1 aromatic carbocycles. The second kappa shape index (κ2) is 9.80. The molecule has 0 spiro atoms. The Morgan fingerprint density at radius 3 is 2.37 bits per heavy atom. The maximum atomic E-state index is 12.5. The van der Waals surface area contributed by atoms with E-state index in [1.807, 2.05) is 43.0 Å². The summed E-state index contributed by atoms with van der Waals surface area (Å²) in [6.07, 6.45) is 0. The number of carbonyl (C=O) groups excluding carboxylic acids is 1. The summed E-state index contributed by atoms with van der Waals surface area (Å²) in [6.45, 7) is 7.80. The lowest BCUT2D eigenvalue weighted by molar-refractivity contribution is -0.130. The molecule has 7 nitrogen and oxygen atoms in total. The minimum Gasteiger partial charge on any atom is -0.377 e. The minimum absolute atomic E-state index is 0.0692. The van der Waals surface area contributed by atoms with Crippen LogP contribution in [0.1, 0.15) is 13.8 Å². The number of aliphatic imine (C=N–C) groups is 1. The topological polar surface area (TPSA) is 69.2 Å². The van der Waals surface area contributed by atoms with Gasteiger partial charge in [-0.05, 0) is 38.1 Å². The quantitative estimate of drug-likeness (QED) is 0.565. The highest BCUT2D eigenvalue weighted by Gasteiger charge is 2.22. The maximum Gasteiger partial charge on any atom is 0.242 e. The molecule has 1 saturated heterocycles. The molecule has 1 aliphatic rings. The van der Waals surface area contributed by atoms with Gasteiger partial charge in [-0.15, -0.1) is 0 Å².